The maximum absolute atomic E-state index is 9.31. The van der Waals surface area contributed by atoms with E-state index >= 15 is 0 Å². The molecular weight excluding hydrogens is 332 g/mol. The van der Waals surface area contributed by atoms with Crippen LogP contribution in [0.4, 0.5) is 0 Å². The molecule has 6 N–H and O–H groups in total. The molecule has 0 saturated heterocycles. The average molecular weight is 367 g/mol. The Morgan fingerprint density at radius 3 is 1.27 bits per heavy atom. The van der Waals surface area contributed by atoms with Gasteiger partial charge < -0.3 is 21.9 Å². The third kappa shape index (κ3) is 4.10. The van der Waals surface area contributed by atoms with Crippen molar-refractivity contribution in [1.29, 1.82) is 0 Å². The van der Waals surface area contributed by atoms with E-state index in [1.807, 2.05) is 13.8 Å². The van der Waals surface area contributed by atoms with E-state index in [0.29, 0.717) is 0 Å². The molecule has 0 radical (unpaired) electrons. The fourth-order valence-electron chi connectivity index (χ4n) is 4.42. The molecule has 0 aromatic rings. The van der Waals surface area contributed by atoms with Crippen molar-refractivity contribution in [1.82, 2.24) is 0 Å². The Morgan fingerprint density at radius 2 is 1.00 bits per heavy atom. The Morgan fingerprint density at radius 1 is 0.692 bits per heavy atom. The minimum atomic E-state index is -0.888. The van der Waals surface area contributed by atoms with Crippen LogP contribution in [0, 0.1) is 11.8 Å². The molecule has 2 unspecified atom stereocenters. The Balaban J connectivity index is 2.36. The van der Waals surface area contributed by atoms with E-state index in [1.54, 1.807) is 0 Å². The molecule has 0 aromatic heterocycles. The third-order valence-electron chi connectivity index (χ3n) is 6.52. The Kier molecular flexibility index (Phi) is 6.83. The Labute approximate surface area is 155 Å². The summed E-state index contributed by atoms with van der Waals surface area (Å²) in [6, 6.07) is 0. The van der Waals surface area contributed by atoms with Gasteiger partial charge in [0.2, 0.25) is 0 Å². The van der Waals surface area contributed by atoms with Gasteiger partial charge in [-0.2, -0.15) is 10.2 Å². The van der Waals surface area contributed by atoms with Gasteiger partial charge in [0.05, 0.1) is 0 Å². The molecule has 8 heteroatoms. The summed E-state index contributed by atoms with van der Waals surface area (Å²) in [4.78, 5) is 0. The number of nitrogens with two attached hydrogens (primary N) is 2. The van der Waals surface area contributed by atoms with Crippen molar-refractivity contribution in [3.8, 4) is 0 Å². The smallest absolute Gasteiger partial charge is 0.169 e. The molecule has 0 spiro atoms. The van der Waals surface area contributed by atoms with Crippen LogP contribution in [0.25, 0.3) is 0 Å². The predicted molar refractivity (Wildman–Crippen MR) is 102 cm³/mol. The van der Waals surface area contributed by atoms with Gasteiger partial charge in [0, 0.05) is 0 Å². The van der Waals surface area contributed by atoms with Crippen LogP contribution in [-0.4, -0.2) is 33.2 Å². The van der Waals surface area contributed by atoms with Crippen molar-refractivity contribution < 1.29 is 10.4 Å². The van der Waals surface area contributed by atoms with E-state index in [-0.39, 0.29) is 23.5 Å². The minimum Gasteiger partial charge on any atom is -0.409 e. The number of amidine groups is 2. The summed E-state index contributed by atoms with van der Waals surface area (Å²) in [5.74, 6) is 0.467. The van der Waals surface area contributed by atoms with Crippen LogP contribution in [0.3, 0.4) is 0 Å². The van der Waals surface area contributed by atoms with E-state index < -0.39 is 11.1 Å². The second-order valence-electron chi connectivity index (χ2n) is 8.14. The lowest BCUT2D eigenvalue weighted by Gasteiger charge is -2.38. The lowest BCUT2D eigenvalue weighted by molar-refractivity contribution is 0.231. The summed E-state index contributed by atoms with van der Waals surface area (Å²) in [7, 11) is 0. The van der Waals surface area contributed by atoms with Gasteiger partial charge in [-0.3, -0.25) is 0 Å². The topological polar surface area (TPSA) is 142 Å². The molecule has 2 rings (SSSR count). The van der Waals surface area contributed by atoms with Crippen LogP contribution in [0.5, 0.6) is 0 Å². The van der Waals surface area contributed by atoms with Gasteiger partial charge >= 0.3 is 0 Å². The standard InChI is InChI=1S/C18H34N6O2/c1-17(15(19)21-25,13-9-5-3-6-10-13)23-24-18(2,16(20)22-26)14-11-7-4-8-12-14/h13-14,25-26H,3-12H2,1-2H3,(H2,19,21)(H2,20,22). The highest BCUT2D eigenvalue weighted by atomic mass is 16.4. The van der Waals surface area contributed by atoms with Gasteiger partial charge in [-0.15, -0.1) is 0 Å². The summed E-state index contributed by atoms with van der Waals surface area (Å²) in [6.07, 6.45) is 10.7. The summed E-state index contributed by atoms with van der Waals surface area (Å²) in [6.45, 7) is 3.74. The summed E-state index contributed by atoms with van der Waals surface area (Å²) < 4.78 is 0. The maximum Gasteiger partial charge on any atom is 0.169 e. The van der Waals surface area contributed by atoms with Crippen LogP contribution < -0.4 is 11.5 Å². The first-order valence-electron chi connectivity index (χ1n) is 9.78. The molecular formula is C18H34N6O2. The van der Waals surface area contributed by atoms with Gasteiger partial charge in [0.25, 0.3) is 0 Å². The number of azo groups is 1. The van der Waals surface area contributed by atoms with Crippen LogP contribution in [-0.2, 0) is 0 Å². The highest BCUT2D eigenvalue weighted by Gasteiger charge is 2.43. The maximum atomic E-state index is 9.31. The average Bonchev–Trinajstić information content (AvgIpc) is 2.71. The zero-order valence-electron chi connectivity index (χ0n) is 16.1. The number of rotatable bonds is 6. The van der Waals surface area contributed by atoms with Crippen molar-refractivity contribution in [3.05, 3.63) is 0 Å². The first-order chi connectivity index (χ1) is 12.4. The van der Waals surface area contributed by atoms with Crippen LogP contribution in [0.1, 0.15) is 78.1 Å². The third-order valence-corrected chi connectivity index (χ3v) is 6.52. The lowest BCUT2D eigenvalue weighted by atomic mass is 9.74. The molecule has 2 atom stereocenters. The molecule has 0 aliphatic heterocycles. The van der Waals surface area contributed by atoms with Gasteiger partial charge in [0.1, 0.15) is 11.1 Å². The molecule has 0 amide bonds. The fourth-order valence-corrected chi connectivity index (χ4v) is 4.42. The molecule has 2 aliphatic carbocycles. The number of hydrogen-bond donors (Lipinski definition) is 4. The lowest BCUT2D eigenvalue weighted by Crippen LogP contribution is -2.49. The predicted octanol–water partition coefficient (Wildman–Crippen LogP) is 3.61. The summed E-state index contributed by atoms with van der Waals surface area (Å²) in [5, 5.41) is 34.3. The largest absolute Gasteiger partial charge is 0.409 e. The van der Waals surface area contributed by atoms with E-state index in [4.69, 9.17) is 11.5 Å². The molecule has 2 saturated carbocycles. The Bertz CT molecular complexity index is 504. The van der Waals surface area contributed by atoms with Crippen molar-refractivity contribution >= 4 is 11.7 Å². The molecule has 2 fully saturated rings. The fraction of sp³-hybridized carbons (Fsp3) is 0.889. The van der Waals surface area contributed by atoms with Gasteiger partial charge in [-0.05, 0) is 51.4 Å². The first-order valence-corrected chi connectivity index (χ1v) is 9.78. The first kappa shape index (κ1) is 20.5. The second-order valence-corrected chi connectivity index (χ2v) is 8.14. The number of oxime groups is 2. The molecule has 0 bridgehead atoms. The molecule has 8 nitrogen and oxygen atoms in total. The molecule has 0 heterocycles. The van der Waals surface area contributed by atoms with Gasteiger partial charge in [-0.1, -0.05) is 48.8 Å². The Hall–Kier alpha value is -1.86. The van der Waals surface area contributed by atoms with Crippen LogP contribution in [0.2, 0.25) is 0 Å². The quantitative estimate of drug-likeness (QED) is 0.187. The molecule has 26 heavy (non-hydrogen) atoms. The highest BCUT2D eigenvalue weighted by Crippen LogP contribution is 2.39. The number of nitrogens with zero attached hydrogens (tertiary/aromatic N) is 4. The summed E-state index contributed by atoms with van der Waals surface area (Å²) >= 11 is 0. The number of hydrogen-bond acceptors (Lipinski definition) is 6. The van der Waals surface area contributed by atoms with Crippen molar-refractivity contribution in [2.75, 3.05) is 0 Å². The van der Waals surface area contributed by atoms with Gasteiger partial charge in [-0.25, -0.2) is 0 Å². The van der Waals surface area contributed by atoms with Crippen LogP contribution >= 0.6 is 0 Å². The van der Waals surface area contributed by atoms with E-state index in [0.717, 1.165) is 51.4 Å². The zero-order chi connectivity index (χ0) is 19.2. The normalized spacial score (nSPS) is 26.5. The SMILES string of the molecule is CC(N=NC(C)(C(N)=NO)C1CCCCC1)(C(N)=NO)C1CCCCC1. The van der Waals surface area contributed by atoms with Gasteiger partial charge in [0.15, 0.2) is 11.7 Å². The van der Waals surface area contributed by atoms with Crippen molar-refractivity contribution in [3.63, 3.8) is 0 Å². The monoisotopic (exact) mass is 366 g/mol. The zero-order valence-corrected chi connectivity index (χ0v) is 16.1. The van der Waals surface area contributed by atoms with Crippen molar-refractivity contribution in [2.24, 2.45) is 43.8 Å². The molecule has 2 aliphatic rings. The molecule has 148 valence electrons. The van der Waals surface area contributed by atoms with E-state index in [2.05, 4.69) is 20.5 Å². The summed E-state index contributed by atoms with van der Waals surface area (Å²) in [5.41, 5.74) is 10.3. The highest BCUT2D eigenvalue weighted by molar-refractivity contribution is 5.91. The second kappa shape index (κ2) is 8.68. The van der Waals surface area contributed by atoms with Crippen molar-refractivity contribution in [2.45, 2.75) is 89.1 Å². The van der Waals surface area contributed by atoms with E-state index in [9.17, 15) is 10.4 Å². The minimum absolute atomic E-state index is 0.0682. The molecule has 0 aromatic carbocycles. The van der Waals surface area contributed by atoms with E-state index in [1.165, 1.54) is 12.8 Å². The van der Waals surface area contributed by atoms with Crippen LogP contribution in [0.15, 0.2) is 20.5 Å².